The zero-order valence-corrected chi connectivity index (χ0v) is 42.9. The summed E-state index contributed by atoms with van der Waals surface area (Å²) in [6.45, 7) is 2.18. The number of hydrogen-bond acceptors (Lipinski definition) is 17. The van der Waals surface area contributed by atoms with Crippen molar-refractivity contribution in [1.29, 1.82) is 0 Å². The van der Waals surface area contributed by atoms with Crippen LogP contribution in [0.2, 0.25) is 0 Å². The van der Waals surface area contributed by atoms with Gasteiger partial charge in [0.05, 0.1) is 13.2 Å². The van der Waals surface area contributed by atoms with Crippen molar-refractivity contribution >= 4 is 19.8 Å². The van der Waals surface area contributed by atoms with Gasteiger partial charge in [0.1, 0.15) is 67.6 Å². The molecule has 0 aromatic carbocycles. The highest BCUT2D eigenvalue weighted by Gasteiger charge is 2.55. The first-order chi connectivity index (χ1) is 33.7. The predicted octanol–water partition coefficient (Wildman–Crippen LogP) is 6.44. The molecular formula is C51H91O18P. The van der Waals surface area contributed by atoms with Gasteiger partial charge in [-0.2, -0.15) is 0 Å². The van der Waals surface area contributed by atoms with Crippen LogP contribution in [0.3, 0.4) is 0 Å². The van der Waals surface area contributed by atoms with Gasteiger partial charge in [-0.25, -0.2) is 4.57 Å². The molecule has 6 unspecified atom stereocenters. The quantitative estimate of drug-likeness (QED) is 0.0138. The third-order valence-corrected chi connectivity index (χ3v) is 13.6. The first kappa shape index (κ1) is 64.0. The molecule has 1 saturated carbocycles. The number of phosphoric acid groups is 1. The van der Waals surface area contributed by atoms with Gasteiger partial charge in [0.25, 0.3) is 0 Å². The average Bonchev–Trinajstić information content (AvgIpc) is 3.34. The third-order valence-electron chi connectivity index (χ3n) is 12.6. The minimum atomic E-state index is -5.38. The van der Waals surface area contributed by atoms with Crippen LogP contribution in [-0.2, 0) is 42.1 Å². The van der Waals surface area contributed by atoms with Gasteiger partial charge in [0.2, 0.25) is 0 Å². The first-order valence-corrected chi connectivity index (χ1v) is 27.8. The number of aliphatic hydroxyl groups excluding tert-OH is 8. The Kier molecular flexibility index (Phi) is 35.1. The van der Waals surface area contributed by atoms with E-state index in [-0.39, 0.29) is 12.8 Å². The predicted molar refractivity (Wildman–Crippen MR) is 263 cm³/mol. The van der Waals surface area contributed by atoms with E-state index in [9.17, 15) is 59.9 Å². The largest absolute Gasteiger partial charge is 0.472 e. The van der Waals surface area contributed by atoms with E-state index in [0.717, 1.165) is 83.5 Å². The molecule has 2 fully saturated rings. The van der Waals surface area contributed by atoms with E-state index < -0.39 is 113 Å². The van der Waals surface area contributed by atoms with Gasteiger partial charge in [-0.05, 0) is 70.6 Å². The molecule has 2 rings (SSSR count). The molecule has 0 amide bonds. The molecular weight excluding hydrogens is 932 g/mol. The van der Waals surface area contributed by atoms with E-state index in [1.54, 1.807) is 0 Å². The fraction of sp³-hybridized carbons (Fsp3) is 0.843. The van der Waals surface area contributed by atoms with Crippen molar-refractivity contribution < 1.29 is 87.9 Å². The lowest BCUT2D eigenvalue weighted by Gasteiger charge is -2.47. The maximum absolute atomic E-state index is 13.4. The highest BCUT2D eigenvalue weighted by atomic mass is 31.2. The van der Waals surface area contributed by atoms with Crippen LogP contribution in [0.15, 0.2) is 36.5 Å². The molecule has 1 heterocycles. The second kappa shape index (κ2) is 38.4. The van der Waals surface area contributed by atoms with Crippen molar-refractivity contribution in [2.45, 2.75) is 254 Å². The Balaban J connectivity index is 1.94. The first-order valence-electron chi connectivity index (χ1n) is 26.3. The summed E-state index contributed by atoms with van der Waals surface area (Å²) in [7, 11) is -5.38. The smallest absolute Gasteiger partial charge is 0.462 e. The van der Waals surface area contributed by atoms with Gasteiger partial charge in [-0.1, -0.05) is 134 Å². The van der Waals surface area contributed by atoms with Crippen LogP contribution in [0, 0.1) is 0 Å². The number of rotatable bonds is 40. The number of esters is 2. The van der Waals surface area contributed by atoms with Gasteiger partial charge in [0.15, 0.2) is 12.4 Å². The molecule has 18 nitrogen and oxygen atoms in total. The lowest BCUT2D eigenvalue weighted by Crippen LogP contribution is -2.67. The SMILES string of the molecule is CCCCC/C=C\C/C=C\CCCCCCCC(=O)OC[C@H](COP(=O)(O)O[C@@H]1C(O)C(O)[C@@H](O)C(O)[C@H]1O[C@H]1OC(CO)[C@@H](O)C(O)[C@H]1O)OC(=O)CCCCCCC/C=C\CCCCCCCC. The standard InChI is InChI=1S/C51H91O18P/c1-3-5-7-9-11-13-15-17-19-21-23-25-27-29-31-33-40(53)64-36-38(66-41(54)34-32-30-28-26-24-22-20-18-16-14-12-10-8-6-4-2)37-65-70(62,63)69-50-47(60)45(58)44(57)46(59)49(50)68-51-48(61)43(56)42(55)39(35-52)67-51/h11,13,17-20,38-39,42-52,55-61H,3-10,12,14-16,21-37H2,1-2H3,(H,62,63)/b13-11-,19-17-,20-18-/t38-,39?,42-,43?,44-,45?,46?,47?,48-,49-,50-,51-/m1/s1. The number of ether oxygens (including phenoxy) is 4. The van der Waals surface area contributed by atoms with Crippen LogP contribution in [0.1, 0.15) is 181 Å². The van der Waals surface area contributed by atoms with Crippen molar-refractivity contribution in [2.24, 2.45) is 0 Å². The van der Waals surface area contributed by atoms with Gasteiger partial charge in [-0.15, -0.1) is 0 Å². The molecule has 9 N–H and O–H groups in total. The normalized spacial score (nSPS) is 27.6. The number of hydrogen-bond donors (Lipinski definition) is 9. The second-order valence-corrected chi connectivity index (χ2v) is 20.1. The van der Waals surface area contributed by atoms with Crippen LogP contribution in [-0.4, -0.2) is 151 Å². The molecule has 1 aliphatic carbocycles. The van der Waals surface area contributed by atoms with Gasteiger partial charge in [-0.3, -0.25) is 18.6 Å². The summed E-state index contributed by atoms with van der Waals surface area (Å²) in [6.07, 6.45) is 15.0. The van der Waals surface area contributed by atoms with E-state index in [2.05, 4.69) is 50.3 Å². The molecule has 2 aliphatic rings. The highest BCUT2D eigenvalue weighted by Crippen LogP contribution is 2.48. The number of carbonyl (C=O) groups excluding carboxylic acids is 2. The lowest BCUT2D eigenvalue weighted by atomic mass is 9.84. The van der Waals surface area contributed by atoms with E-state index in [1.165, 1.54) is 57.8 Å². The van der Waals surface area contributed by atoms with E-state index in [1.807, 2.05) is 0 Å². The van der Waals surface area contributed by atoms with Crippen LogP contribution < -0.4 is 0 Å². The van der Waals surface area contributed by atoms with Gasteiger partial charge >= 0.3 is 19.8 Å². The van der Waals surface area contributed by atoms with Crippen LogP contribution in [0.25, 0.3) is 0 Å². The maximum atomic E-state index is 13.4. The number of phosphoric ester groups is 1. The Bertz CT molecular complexity index is 1500. The Hall–Kier alpha value is -2.13. The number of aliphatic hydroxyl groups is 8. The fourth-order valence-electron chi connectivity index (χ4n) is 8.20. The lowest BCUT2D eigenvalue weighted by molar-refractivity contribution is -0.338. The minimum Gasteiger partial charge on any atom is -0.462 e. The number of allylic oxidation sites excluding steroid dienone is 6. The topological polar surface area (TPSA) is 289 Å². The molecule has 0 bridgehead atoms. The van der Waals surface area contributed by atoms with Crippen molar-refractivity contribution in [3.63, 3.8) is 0 Å². The fourth-order valence-corrected chi connectivity index (χ4v) is 9.17. The number of carbonyl (C=O) groups is 2. The van der Waals surface area contributed by atoms with Crippen molar-refractivity contribution in [3.05, 3.63) is 36.5 Å². The van der Waals surface area contributed by atoms with E-state index in [4.69, 9.17) is 28.0 Å². The third kappa shape index (κ3) is 26.7. The molecule has 0 spiro atoms. The Morgan fingerprint density at radius 3 is 1.53 bits per heavy atom. The van der Waals surface area contributed by atoms with Gasteiger partial charge in [0, 0.05) is 12.8 Å². The average molecular weight is 1020 g/mol. The molecule has 0 aromatic rings. The summed E-state index contributed by atoms with van der Waals surface area (Å²) in [5.41, 5.74) is 0. The molecule has 1 saturated heterocycles. The Labute approximate surface area is 417 Å². The van der Waals surface area contributed by atoms with Crippen molar-refractivity contribution in [1.82, 2.24) is 0 Å². The summed E-state index contributed by atoms with van der Waals surface area (Å²) >= 11 is 0. The van der Waals surface area contributed by atoms with Gasteiger partial charge < -0.3 is 64.7 Å². The van der Waals surface area contributed by atoms with Crippen molar-refractivity contribution in [2.75, 3.05) is 19.8 Å². The summed E-state index contributed by atoms with van der Waals surface area (Å²) in [6, 6.07) is 0. The monoisotopic (exact) mass is 1020 g/mol. The van der Waals surface area contributed by atoms with E-state index >= 15 is 0 Å². The molecule has 1 aliphatic heterocycles. The summed E-state index contributed by atoms with van der Waals surface area (Å²) in [4.78, 5) is 36.6. The second-order valence-electron chi connectivity index (χ2n) is 18.7. The zero-order valence-electron chi connectivity index (χ0n) is 42.0. The van der Waals surface area contributed by atoms with Crippen molar-refractivity contribution in [3.8, 4) is 0 Å². The summed E-state index contributed by atoms with van der Waals surface area (Å²) in [5, 5.41) is 83.0. The summed E-state index contributed by atoms with van der Waals surface area (Å²) < 4.78 is 45.5. The zero-order chi connectivity index (χ0) is 51.6. The highest BCUT2D eigenvalue weighted by molar-refractivity contribution is 7.47. The molecule has 70 heavy (non-hydrogen) atoms. The van der Waals surface area contributed by atoms with Crippen LogP contribution in [0.4, 0.5) is 0 Å². The Morgan fingerprint density at radius 2 is 0.986 bits per heavy atom. The minimum absolute atomic E-state index is 0.0190. The molecule has 13 atom stereocenters. The molecule has 408 valence electrons. The maximum Gasteiger partial charge on any atom is 0.472 e. The number of unbranched alkanes of at least 4 members (excludes halogenated alkanes) is 19. The molecule has 19 heteroatoms. The van der Waals surface area contributed by atoms with Crippen LogP contribution >= 0.6 is 7.82 Å². The molecule has 0 aromatic heterocycles. The molecule has 0 radical (unpaired) electrons. The van der Waals surface area contributed by atoms with E-state index in [0.29, 0.717) is 12.8 Å². The van der Waals surface area contributed by atoms with Crippen LogP contribution in [0.5, 0.6) is 0 Å². The summed E-state index contributed by atoms with van der Waals surface area (Å²) in [5.74, 6) is -1.24. The Morgan fingerprint density at radius 1 is 0.543 bits per heavy atom.